The molecule has 2 aromatic rings. The molecule has 2 N–H and O–H groups in total. The van der Waals surface area contributed by atoms with E-state index in [0.29, 0.717) is 23.5 Å². The summed E-state index contributed by atoms with van der Waals surface area (Å²) in [5.74, 6) is 0.122. The maximum atomic E-state index is 12.8. The van der Waals surface area contributed by atoms with Crippen molar-refractivity contribution >= 4 is 35.0 Å². The highest BCUT2D eigenvalue weighted by atomic mass is 32.2. The Morgan fingerprint density at radius 3 is 2.08 bits per heavy atom. The summed E-state index contributed by atoms with van der Waals surface area (Å²) in [4.78, 5) is 24.5. The van der Waals surface area contributed by atoms with Crippen LogP contribution >= 0.6 is 11.8 Å². The van der Waals surface area contributed by atoms with E-state index < -0.39 is 0 Å². The second-order valence-electron chi connectivity index (χ2n) is 5.82. The summed E-state index contributed by atoms with van der Waals surface area (Å²) in [6.45, 7) is 3.65. The summed E-state index contributed by atoms with van der Waals surface area (Å²) < 4.78 is 12.8. The molecule has 132 valence electrons. The Balaban J connectivity index is 1.76. The molecule has 0 bridgehead atoms. The van der Waals surface area contributed by atoms with Crippen LogP contribution in [0.25, 0.3) is 0 Å². The van der Waals surface area contributed by atoms with E-state index in [4.69, 9.17) is 0 Å². The lowest BCUT2D eigenvalue weighted by Gasteiger charge is -2.09. The number of rotatable bonds is 7. The number of amides is 2. The molecule has 2 amide bonds. The molecule has 0 heterocycles. The number of nitrogens with one attached hydrogen (secondary N) is 2. The van der Waals surface area contributed by atoms with Crippen LogP contribution in [0.3, 0.4) is 0 Å². The number of benzene rings is 2. The molecule has 0 radical (unpaired) electrons. The first kappa shape index (κ1) is 19.0. The zero-order valence-corrected chi connectivity index (χ0v) is 15.0. The fourth-order valence-electron chi connectivity index (χ4n) is 1.94. The molecule has 0 aliphatic carbocycles. The van der Waals surface area contributed by atoms with Crippen LogP contribution in [-0.2, 0) is 9.59 Å². The third kappa shape index (κ3) is 6.58. The number of hydrogen-bond acceptors (Lipinski definition) is 3. The van der Waals surface area contributed by atoms with Crippen LogP contribution < -0.4 is 10.6 Å². The number of carbonyl (C=O) groups excluding carboxylic acids is 2. The van der Waals surface area contributed by atoms with Crippen LogP contribution in [0.1, 0.15) is 20.3 Å². The SMILES string of the molecule is CC(C)C(=O)Nc1ccc(NC(=O)CCSc2ccc(F)cc2)cc1. The van der Waals surface area contributed by atoms with E-state index in [9.17, 15) is 14.0 Å². The van der Waals surface area contributed by atoms with E-state index in [-0.39, 0.29) is 23.5 Å². The number of halogens is 1. The van der Waals surface area contributed by atoms with Crippen molar-refractivity contribution in [2.45, 2.75) is 25.2 Å². The quantitative estimate of drug-likeness (QED) is 0.713. The Hall–Kier alpha value is -2.34. The van der Waals surface area contributed by atoms with Crippen molar-refractivity contribution in [2.75, 3.05) is 16.4 Å². The third-order valence-electron chi connectivity index (χ3n) is 3.37. The van der Waals surface area contributed by atoms with Gasteiger partial charge in [0.1, 0.15) is 5.82 Å². The summed E-state index contributed by atoms with van der Waals surface area (Å²) in [5.41, 5.74) is 1.38. The maximum Gasteiger partial charge on any atom is 0.226 e. The molecular formula is C19H21FN2O2S. The number of thioether (sulfide) groups is 1. The van der Waals surface area contributed by atoms with Gasteiger partial charge in [0.2, 0.25) is 11.8 Å². The minimum atomic E-state index is -0.268. The smallest absolute Gasteiger partial charge is 0.226 e. The van der Waals surface area contributed by atoms with Gasteiger partial charge in [0.25, 0.3) is 0 Å². The average Bonchev–Trinajstić information content (AvgIpc) is 2.58. The van der Waals surface area contributed by atoms with Gasteiger partial charge in [-0.3, -0.25) is 9.59 Å². The van der Waals surface area contributed by atoms with Gasteiger partial charge in [-0.2, -0.15) is 0 Å². The summed E-state index contributed by atoms with van der Waals surface area (Å²) in [5, 5.41) is 5.61. The molecule has 0 saturated carbocycles. The van der Waals surface area contributed by atoms with E-state index in [1.54, 1.807) is 36.4 Å². The molecule has 0 aliphatic heterocycles. The maximum absolute atomic E-state index is 12.8. The molecule has 0 unspecified atom stereocenters. The average molecular weight is 360 g/mol. The van der Waals surface area contributed by atoms with Crippen LogP contribution in [0.15, 0.2) is 53.4 Å². The number of anilines is 2. The topological polar surface area (TPSA) is 58.2 Å². The van der Waals surface area contributed by atoms with Crippen molar-refractivity contribution in [1.82, 2.24) is 0 Å². The van der Waals surface area contributed by atoms with Crippen molar-refractivity contribution in [3.05, 3.63) is 54.3 Å². The van der Waals surface area contributed by atoms with Crippen LogP contribution in [0.2, 0.25) is 0 Å². The van der Waals surface area contributed by atoms with E-state index >= 15 is 0 Å². The van der Waals surface area contributed by atoms with Crippen molar-refractivity contribution < 1.29 is 14.0 Å². The Morgan fingerprint density at radius 1 is 0.960 bits per heavy atom. The molecule has 25 heavy (non-hydrogen) atoms. The summed E-state index contributed by atoms with van der Waals surface area (Å²) in [6, 6.07) is 13.2. The Morgan fingerprint density at radius 2 is 1.52 bits per heavy atom. The van der Waals surface area contributed by atoms with Gasteiger partial charge in [-0.15, -0.1) is 11.8 Å². The molecule has 0 spiro atoms. The molecule has 0 aromatic heterocycles. The van der Waals surface area contributed by atoms with Gasteiger partial charge in [0.05, 0.1) is 0 Å². The van der Waals surface area contributed by atoms with Crippen molar-refractivity contribution in [3.63, 3.8) is 0 Å². The zero-order valence-electron chi connectivity index (χ0n) is 14.2. The summed E-state index contributed by atoms with van der Waals surface area (Å²) in [6.07, 6.45) is 0.355. The summed E-state index contributed by atoms with van der Waals surface area (Å²) >= 11 is 1.50. The van der Waals surface area contributed by atoms with Crippen molar-refractivity contribution in [2.24, 2.45) is 5.92 Å². The first-order valence-corrected chi connectivity index (χ1v) is 9.02. The van der Waals surface area contributed by atoms with E-state index in [1.165, 1.54) is 23.9 Å². The number of hydrogen-bond donors (Lipinski definition) is 2. The van der Waals surface area contributed by atoms with Crippen LogP contribution in [-0.4, -0.2) is 17.6 Å². The molecule has 2 rings (SSSR count). The Bertz CT molecular complexity index is 715. The Kier molecular flexibility index (Phi) is 7.01. The fraction of sp³-hybridized carbons (Fsp3) is 0.263. The first-order valence-electron chi connectivity index (χ1n) is 8.03. The highest BCUT2D eigenvalue weighted by molar-refractivity contribution is 7.99. The monoisotopic (exact) mass is 360 g/mol. The van der Waals surface area contributed by atoms with Gasteiger partial charge < -0.3 is 10.6 Å². The lowest BCUT2D eigenvalue weighted by Crippen LogP contribution is -2.17. The van der Waals surface area contributed by atoms with Gasteiger partial charge in [-0.05, 0) is 48.5 Å². The van der Waals surface area contributed by atoms with Gasteiger partial charge in [-0.25, -0.2) is 4.39 Å². The largest absolute Gasteiger partial charge is 0.326 e. The third-order valence-corrected chi connectivity index (χ3v) is 4.39. The highest BCUT2D eigenvalue weighted by Crippen LogP contribution is 2.19. The van der Waals surface area contributed by atoms with Crippen molar-refractivity contribution in [3.8, 4) is 0 Å². The molecule has 0 fully saturated rings. The standard InChI is InChI=1S/C19H21FN2O2S/c1-13(2)19(24)22-16-7-5-15(6-8-16)21-18(23)11-12-25-17-9-3-14(20)4-10-17/h3-10,13H,11-12H2,1-2H3,(H,21,23)(H,22,24). The lowest BCUT2D eigenvalue weighted by molar-refractivity contribution is -0.119. The second-order valence-corrected chi connectivity index (χ2v) is 6.99. The minimum Gasteiger partial charge on any atom is -0.326 e. The highest BCUT2D eigenvalue weighted by Gasteiger charge is 2.07. The van der Waals surface area contributed by atoms with Gasteiger partial charge in [0, 0.05) is 34.4 Å². The molecule has 6 heteroatoms. The molecular weight excluding hydrogens is 339 g/mol. The molecule has 4 nitrogen and oxygen atoms in total. The first-order chi connectivity index (χ1) is 11.9. The van der Waals surface area contributed by atoms with E-state index in [1.807, 2.05) is 13.8 Å². The second kappa shape index (κ2) is 9.22. The predicted molar refractivity (Wildman–Crippen MR) is 100 cm³/mol. The van der Waals surface area contributed by atoms with E-state index in [2.05, 4.69) is 10.6 Å². The predicted octanol–water partition coefficient (Wildman–Crippen LogP) is 4.54. The normalized spacial score (nSPS) is 10.6. The molecule has 0 atom stereocenters. The van der Waals surface area contributed by atoms with Crippen LogP contribution in [0.4, 0.5) is 15.8 Å². The fourth-order valence-corrected chi connectivity index (χ4v) is 2.79. The Labute approximate surface area is 151 Å². The lowest BCUT2D eigenvalue weighted by atomic mass is 10.2. The molecule has 2 aromatic carbocycles. The molecule has 0 saturated heterocycles. The van der Waals surface area contributed by atoms with Gasteiger partial charge in [-0.1, -0.05) is 13.8 Å². The van der Waals surface area contributed by atoms with Gasteiger partial charge in [0.15, 0.2) is 0 Å². The van der Waals surface area contributed by atoms with Gasteiger partial charge >= 0.3 is 0 Å². The van der Waals surface area contributed by atoms with Crippen LogP contribution in [0, 0.1) is 11.7 Å². The van der Waals surface area contributed by atoms with Crippen molar-refractivity contribution in [1.29, 1.82) is 0 Å². The zero-order chi connectivity index (χ0) is 18.2. The minimum absolute atomic E-state index is 0.0467. The van der Waals surface area contributed by atoms with Crippen LogP contribution in [0.5, 0.6) is 0 Å². The number of carbonyl (C=O) groups is 2. The summed E-state index contributed by atoms with van der Waals surface area (Å²) in [7, 11) is 0. The molecule has 0 aliphatic rings. The van der Waals surface area contributed by atoms with E-state index in [0.717, 1.165) is 4.90 Å².